The van der Waals surface area contributed by atoms with E-state index in [9.17, 15) is 13.6 Å². The molecule has 0 aliphatic rings. The van der Waals surface area contributed by atoms with Gasteiger partial charge in [-0.05, 0) is 42.5 Å². The second kappa shape index (κ2) is 8.06. The van der Waals surface area contributed by atoms with Gasteiger partial charge < -0.3 is 10.1 Å². The molecule has 1 heterocycles. The second-order valence-electron chi connectivity index (χ2n) is 5.28. The van der Waals surface area contributed by atoms with E-state index in [1.807, 2.05) is 30.3 Å². The number of benzene rings is 2. The molecule has 5 nitrogen and oxygen atoms in total. The Morgan fingerprint density at radius 1 is 1.12 bits per heavy atom. The number of rotatable bonds is 6. The Kier molecular flexibility index (Phi) is 5.38. The third-order valence-electron chi connectivity index (χ3n) is 3.40. The van der Waals surface area contributed by atoms with Crippen LogP contribution in [0, 0.1) is 0 Å². The van der Waals surface area contributed by atoms with Gasteiger partial charge in [-0.3, -0.25) is 4.79 Å². The minimum Gasteiger partial charge on any atom is -0.435 e. The number of carbonyl (C=O) groups excluding carboxylic acids is 1. The summed E-state index contributed by atoms with van der Waals surface area (Å²) in [7, 11) is 0. The molecule has 26 heavy (non-hydrogen) atoms. The maximum Gasteiger partial charge on any atom is 0.387 e. The Morgan fingerprint density at radius 3 is 2.54 bits per heavy atom. The molecule has 0 radical (unpaired) electrons. The molecule has 132 valence electrons. The van der Waals surface area contributed by atoms with Gasteiger partial charge >= 0.3 is 6.61 Å². The highest BCUT2D eigenvalue weighted by atomic mass is 19.3. The van der Waals surface area contributed by atoms with Crippen LogP contribution in [0.15, 0.2) is 73.1 Å². The van der Waals surface area contributed by atoms with Gasteiger partial charge in [0.1, 0.15) is 5.75 Å². The number of alkyl halides is 2. The zero-order chi connectivity index (χ0) is 18.4. The van der Waals surface area contributed by atoms with Crippen LogP contribution in [0.5, 0.6) is 5.75 Å². The molecule has 0 unspecified atom stereocenters. The summed E-state index contributed by atoms with van der Waals surface area (Å²) in [5.41, 5.74) is 2.16. The monoisotopic (exact) mass is 355 g/mol. The van der Waals surface area contributed by atoms with Crippen molar-refractivity contribution in [2.45, 2.75) is 6.61 Å². The van der Waals surface area contributed by atoms with Crippen LogP contribution in [0.2, 0.25) is 0 Å². The third-order valence-corrected chi connectivity index (χ3v) is 3.40. The van der Waals surface area contributed by atoms with Gasteiger partial charge in [0.2, 0.25) is 5.91 Å². The van der Waals surface area contributed by atoms with E-state index in [-0.39, 0.29) is 11.7 Å². The van der Waals surface area contributed by atoms with Gasteiger partial charge in [-0.25, -0.2) is 4.68 Å². The molecule has 3 aromatic rings. The average Bonchev–Trinajstić information content (AvgIpc) is 3.11. The van der Waals surface area contributed by atoms with Crippen molar-refractivity contribution < 1.29 is 18.3 Å². The standard InChI is InChI=1S/C19H15F2N3O2/c20-19(21)26-17-9-7-15(8-10-17)23-18(25)11-6-14-12-22-24(13-14)16-4-2-1-3-5-16/h1-13,19H,(H,23,25)/b11-6+. The second-order valence-corrected chi connectivity index (χ2v) is 5.28. The maximum absolute atomic E-state index is 12.1. The van der Waals surface area contributed by atoms with E-state index in [0.717, 1.165) is 11.3 Å². The summed E-state index contributed by atoms with van der Waals surface area (Å²) in [6, 6.07) is 15.3. The summed E-state index contributed by atoms with van der Waals surface area (Å²) in [5.74, 6) is -0.318. The van der Waals surface area contributed by atoms with Crippen molar-refractivity contribution >= 4 is 17.7 Å². The number of para-hydroxylation sites is 1. The minimum absolute atomic E-state index is 0.0295. The maximum atomic E-state index is 12.1. The normalized spacial score (nSPS) is 11.0. The number of halogens is 2. The Bertz CT molecular complexity index is 891. The molecule has 1 N–H and O–H groups in total. The van der Waals surface area contributed by atoms with Crippen molar-refractivity contribution in [2.75, 3.05) is 5.32 Å². The Balaban J connectivity index is 1.59. The molecule has 1 aromatic heterocycles. The van der Waals surface area contributed by atoms with Crippen molar-refractivity contribution in [3.63, 3.8) is 0 Å². The van der Waals surface area contributed by atoms with E-state index < -0.39 is 6.61 Å². The molecule has 0 saturated carbocycles. The van der Waals surface area contributed by atoms with E-state index in [2.05, 4.69) is 15.2 Å². The van der Waals surface area contributed by atoms with Crippen molar-refractivity contribution in [1.29, 1.82) is 0 Å². The Morgan fingerprint density at radius 2 is 1.85 bits per heavy atom. The topological polar surface area (TPSA) is 56.2 Å². The number of nitrogens with one attached hydrogen (secondary N) is 1. The van der Waals surface area contributed by atoms with E-state index in [4.69, 9.17) is 0 Å². The lowest BCUT2D eigenvalue weighted by molar-refractivity contribution is -0.111. The highest BCUT2D eigenvalue weighted by Gasteiger charge is 2.04. The molecule has 3 rings (SSSR count). The predicted octanol–water partition coefficient (Wildman–Crippen LogP) is 4.13. The van der Waals surface area contributed by atoms with Crippen LogP contribution in [0.25, 0.3) is 11.8 Å². The fourth-order valence-electron chi connectivity index (χ4n) is 2.22. The van der Waals surface area contributed by atoms with Gasteiger partial charge in [0.05, 0.1) is 11.9 Å². The number of carbonyl (C=O) groups is 1. The number of anilines is 1. The van der Waals surface area contributed by atoms with E-state index in [0.29, 0.717) is 5.69 Å². The van der Waals surface area contributed by atoms with Crippen molar-refractivity contribution in [3.05, 3.63) is 78.6 Å². The summed E-state index contributed by atoms with van der Waals surface area (Å²) in [6.45, 7) is -2.88. The van der Waals surface area contributed by atoms with Gasteiger partial charge in [-0.1, -0.05) is 18.2 Å². The highest BCUT2D eigenvalue weighted by molar-refractivity contribution is 6.01. The molecule has 0 aliphatic carbocycles. The molecular weight excluding hydrogens is 340 g/mol. The molecule has 1 amide bonds. The number of hydrogen-bond acceptors (Lipinski definition) is 3. The SMILES string of the molecule is O=C(/C=C/c1cnn(-c2ccccc2)c1)Nc1ccc(OC(F)F)cc1. The average molecular weight is 355 g/mol. The number of aromatic nitrogens is 2. The first-order valence-electron chi connectivity index (χ1n) is 7.74. The predicted molar refractivity (Wildman–Crippen MR) is 94.3 cm³/mol. The first-order valence-corrected chi connectivity index (χ1v) is 7.74. The van der Waals surface area contributed by atoms with Gasteiger partial charge in [0.15, 0.2) is 0 Å². The van der Waals surface area contributed by atoms with Gasteiger partial charge in [0.25, 0.3) is 0 Å². The van der Waals surface area contributed by atoms with E-state index >= 15 is 0 Å². The largest absolute Gasteiger partial charge is 0.435 e. The quantitative estimate of drug-likeness (QED) is 0.677. The molecule has 7 heteroatoms. The van der Waals surface area contributed by atoms with Crippen LogP contribution in [0.1, 0.15) is 5.56 Å². The van der Waals surface area contributed by atoms with Crippen LogP contribution in [-0.4, -0.2) is 22.3 Å². The van der Waals surface area contributed by atoms with Crippen molar-refractivity contribution in [3.8, 4) is 11.4 Å². The summed E-state index contributed by atoms with van der Waals surface area (Å²) in [4.78, 5) is 11.9. The number of hydrogen-bond donors (Lipinski definition) is 1. The van der Waals surface area contributed by atoms with Gasteiger partial charge in [0, 0.05) is 23.5 Å². The fourth-order valence-corrected chi connectivity index (χ4v) is 2.22. The van der Waals surface area contributed by atoms with Crippen LogP contribution in [-0.2, 0) is 4.79 Å². The van der Waals surface area contributed by atoms with E-state index in [1.54, 1.807) is 23.2 Å². The van der Waals surface area contributed by atoms with Crippen LogP contribution < -0.4 is 10.1 Å². The van der Waals surface area contributed by atoms with Crippen LogP contribution in [0.3, 0.4) is 0 Å². The molecular formula is C19H15F2N3O2. The number of amides is 1. The molecule has 0 fully saturated rings. The summed E-state index contributed by atoms with van der Waals surface area (Å²) in [6.07, 6.45) is 6.45. The van der Waals surface area contributed by atoms with Crippen molar-refractivity contribution in [2.24, 2.45) is 0 Å². The van der Waals surface area contributed by atoms with Crippen LogP contribution >= 0.6 is 0 Å². The summed E-state index contributed by atoms with van der Waals surface area (Å²) >= 11 is 0. The fraction of sp³-hybridized carbons (Fsp3) is 0.0526. The number of nitrogens with zero attached hydrogens (tertiary/aromatic N) is 2. The summed E-state index contributed by atoms with van der Waals surface area (Å²) in [5, 5.41) is 6.88. The number of ether oxygens (including phenoxy) is 1. The van der Waals surface area contributed by atoms with Crippen LogP contribution in [0.4, 0.5) is 14.5 Å². The molecule has 0 saturated heterocycles. The third kappa shape index (κ3) is 4.76. The lowest BCUT2D eigenvalue weighted by Gasteiger charge is -2.06. The Labute approximate surface area is 148 Å². The smallest absolute Gasteiger partial charge is 0.387 e. The lowest BCUT2D eigenvalue weighted by Crippen LogP contribution is -2.07. The Hall–Kier alpha value is -3.48. The molecule has 0 spiro atoms. The first-order chi connectivity index (χ1) is 12.6. The van der Waals surface area contributed by atoms with E-state index in [1.165, 1.54) is 30.3 Å². The van der Waals surface area contributed by atoms with Gasteiger partial charge in [-0.2, -0.15) is 13.9 Å². The molecule has 0 aliphatic heterocycles. The minimum atomic E-state index is -2.88. The highest BCUT2D eigenvalue weighted by Crippen LogP contribution is 2.17. The molecule has 0 atom stereocenters. The lowest BCUT2D eigenvalue weighted by atomic mass is 10.3. The zero-order valence-corrected chi connectivity index (χ0v) is 13.5. The summed E-state index contributed by atoms with van der Waals surface area (Å²) < 4.78 is 30.1. The zero-order valence-electron chi connectivity index (χ0n) is 13.5. The van der Waals surface area contributed by atoms with Gasteiger partial charge in [-0.15, -0.1) is 0 Å². The molecule has 0 bridgehead atoms. The first kappa shape index (κ1) is 17.3. The molecule has 2 aromatic carbocycles. The van der Waals surface area contributed by atoms with Crippen molar-refractivity contribution in [1.82, 2.24) is 9.78 Å².